The number of thiazole rings is 1. The first-order valence-electron chi connectivity index (χ1n) is 10.4. The summed E-state index contributed by atoms with van der Waals surface area (Å²) < 4.78 is 13.3. The first-order valence-corrected chi connectivity index (χ1v) is 12.1. The molecular weight excluding hydrogens is 444 g/mol. The van der Waals surface area contributed by atoms with Gasteiger partial charge in [-0.3, -0.25) is 9.36 Å². The number of thiophene rings is 1. The van der Waals surface area contributed by atoms with Crippen molar-refractivity contribution in [1.29, 1.82) is 0 Å². The maximum atomic E-state index is 13.6. The van der Waals surface area contributed by atoms with Gasteiger partial charge in [0.1, 0.15) is 11.8 Å². The number of hydrogen-bond acceptors (Lipinski definition) is 7. The summed E-state index contributed by atoms with van der Waals surface area (Å²) in [5.74, 6) is 0.267. The normalized spacial score (nSPS) is 16.2. The van der Waals surface area contributed by atoms with E-state index in [4.69, 9.17) is 9.47 Å². The van der Waals surface area contributed by atoms with Gasteiger partial charge in [0.05, 0.1) is 28.5 Å². The molecule has 0 N–H and O–H groups in total. The summed E-state index contributed by atoms with van der Waals surface area (Å²) in [5.41, 5.74) is 1.59. The second-order valence-corrected chi connectivity index (χ2v) is 9.51. The third-order valence-corrected chi connectivity index (χ3v) is 6.81. The highest BCUT2D eigenvalue weighted by Crippen LogP contribution is 2.33. The van der Waals surface area contributed by atoms with Gasteiger partial charge in [-0.2, -0.15) is 0 Å². The number of para-hydroxylation sites is 1. The number of ether oxygens (including phenoxy) is 2. The van der Waals surface area contributed by atoms with E-state index in [1.807, 2.05) is 54.8 Å². The monoisotopic (exact) mass is 468 g/mol. The molecule has 32 heavy (non-hydrogen) atoms. The molecule has 0 amide bonds. The Kier molecular flexibility index (Phi) is 6.43. The summed E-state index contributed by atoms with van der Waals surface area (Å²) in [5, 5.41) is 1.93. The fourth-order valence-electron chi connectivity index (χ4n) is 3.60. The molecule has 0 aliphatic carbocycles. The number of aromatic nitrogens is 1. The molecule has 0 saturated carbocycles. The lowest BCUT2D eigenvalue weighted by Gasteiger charge is -2.24. The largest absolute Gasteiger partial charge is 0.493 e. The first-order chi connectivity index (χ1) is 15.4. The Balaban J connectivity index is 1.91. The highest BCUT2D eigenvalue weighted by molar-refractivity contribution is 7.10. The van der Waals surface area contributed by atoms with Crippen molar-refractivity contribution in [3.05, 3.63) is 83.2 Å². The van der Waals surface area contributed by atoms with Gasteiger partial charge < -0.3 is 9.47 Å². The standard InChI is InChI=1S/C24H24N2O4S2/c1-5-29-17-10-7-6-9-16(17)13-19-22(27)26-21(18-11-8-12-31-18)20(23(28)30-14(2)3)15(4)25-24(26)32-19/h6-14,21H,5H2,1-4H3/b19-13+. The zero-order valence-electron chi connectivity index (χ0n) is 18.3. The molecule has 1 aliphatic rings. The molecule has 1 aliphatic heterocycles. The van der Waals surface area contributed by atoms with Gasteiger partial charge in [-0.1, -0.05) is 35.6 Å². The van der Waals surface area contributed by atoms with E-state index in [1.54, 1.807) is 25.3 Å². The fraction of sp³-hybridized carbons (Fsp3) is 0.292. The smallest absolute Gasteiger partial charge is 0.338 e. The van der Waals surface area contributed by atoms with E-state index in [9.17, 15) is 9.59 Å². The molecule has 4 rings (SSSR count). The van der Waals surface area contributed by atoms with Crippen molar-refractivity contribution >= 4 is 34.7 Å². The molecule has 3 aromatic rings. The molecule has 0 radical (unpaired) electrons. The van der Waals surface area contributed by atoms with E-state index in [2.05, 4.69) is 4.99 Å². The minimum absolute atomic E-state index is 0.194. The molecule has 2 aromatic heterocycles. The summed E-state index contributed by atoms with van der Waals surface area (Å²) in [6.45, 7) is 7.86. The summed E-state index contributed by atoms with van der Waals surface area (Å²) >= 11 is 2.80. The molecule has 1 unspecified atom stereocenters. The number of rotatable bonds is 6. The van der Waals surface area contributed by atoms with E-state index in [1.165, 1.54) is 22.7 Å². The number of nitrogens with zero attached hydrogens (tertiary/aromatic N) is 2. The van der Waals surface area contributed by atoms with Crippen molar-refractivity contribution in [2.75, 3.05) is 6.61 Å². The van der Waals surface area contributed by atoms with Gasteiger partial charge in [-0.15, -0.1) is 11.3 Å². The second kappa shape index (κ2) is 9.26. The van der Waals surface area contributed by atoms with Crippen LogP contribution in [0.25, 0.3) is 6.08 Å². The summed E-state index contributed by atoms with van der Waals surface area (Å²) in [6.07, 6.45) is 1.55. The van der Waals surface area contributed by atoms with Crippen LogP contribution < -0.4 is 19.6 Å². The van der Waals surface area contributed by atoms with Crippen LogP contribution in [0.1, 0.15) is 44.2 Å². The molecule has 8 heteroatoms. The Hall–Kier alpha value is -2.97. The molecule has 0 bridgehead atoms. The van der Waals surface area contributed by atoms with E-state index in [0.29, 0.717) is 33.0 Å². The summed E-state index contributed by atoms with van der Waals surface area (Å²) in [7, 11) is 0. The molecule has 0 spiro atoms. The Morgan fingerprint density at radius 3 is 2.72 bits per heavy atom. The van der Waals surface area contributed by atoms with E-state index in [-0.39, 0.29) is 11.7 Å². The van der Waals surface area contributed by atoms with Gasteiger partial charge in [0.25, 0.3) is 5.56 Å². The predicted octanol–water partition coefficient (Wildman–Crippen LogP) is 3.65. The lowest BCUT2D eigenvalue weighted by atomic mass is 10.0. The van der Waals surface area contributed by atoms with Gasteiger partial charge in [0.2, 0.25) is 0 Å². The van der Waals surface area contributed by atoms with Crippen LogP contribution in [0.15, 0.2) is 62.8 Å². The molecule has 6 nitrogen and oxygen atoms in total. The van der Waals surface area contributed by atoms with Crippen LogP contribution in [-0.2, 0) is 9.53 Å². The zero-order chi connectivity index (χ0) is 22.8. The Morgan fingerprint density at radius 1 is 1.25 bits per heavy atom. The van der Waals surface area contributed by atoms with Crippen LogP contribution in [-0.4, -0.2) is 23.2 Å². The predicted molar refractivity (Wildman–Crippen MR) is 127 cm³/mol. The third kappa shape index (κ3) is 4.20. The van der Waals surface area contributed by atoms with Gasteiger partial charge in [-0.25, -0.2) is 9.79 Å². The van der Waals surface area contributed by atoms with Gasteiger partial charge in [0, 0.05) is 10.4 Å². The Morgan fingerprint density at radius 2 is 2.03 bits per heavy atom. The third-order valence-electron chi connectivity index (χ3n) is 4.90. The topological polar surface area (TPSA) is 69.9 Å². The molecule has 0 fully saturated rings. The number of carbonyl (C=O) groups is 1. The number of benzene rings is 1. The van der Waals surface area contributed by atoms with Crippen LogP contribution in [0.3, 0.4) is 0 Å². The van der Waals surface area contributed by atoms with E-state index < -0.39 is 12.0 Å². The minimum atomic E-state index is -0.568. The SMILES string of the molecule is CCOc1ccccc1/C=c1/sc2n(c1=O)C(c1cccs1)C(C(=O)OC(C)C)=C(C)N=2. The maximum absolute atomic E-state index is 13.6. The van der Waals surface area contributed by atoms with Crippen LogP contribution in [0.2, 0.25) is 0 Å². The average molecular weight is 469 g/mol. The minimum Gasteiger partial charge on any atom is -0.493 e. The van der Waals surface area contributed by atoms with E-state index >= 15 is 0 Å². The van der Waals surface area contributed by atoms with E-state index in [0.717, 1.165) is 10.4 Å². The molecule has 0 saturated heterocycles. The average Bonchev–Trinajstić information content (AvgIpc) is 3.37. The lowest BCUT2D eigenvalue weighted by Crippen LogP contribution is -2.39. The summed E-state index contributed by atoms with van der Waals surface area (Å²) in [6, 6.07) is 10.9. The van der Waals surface area contributed by atoms with Crippen molar-refractivity contribution in [2.45, 2.75) is 39.8 Å². The van der Waals surface area contributed by atoms with Crippen molar-refractivity contribution in [3.63, 3.8) is 0 Å². The highest BCUT2D eigenvalue weighted by Gasteiger charge is 2.34. The lowest BCUT2D eigenvalue weighted by molar-refractivity contribution is -0.143. The van der Waals surface area contributed by atoms with Gasteiger partial charge in [-0.05, 0) is 51.3 Å². The summed E-state index contributed by atoms with van der Waals surface area (Å²) in [4.78, 5) is 32.6. The molecular formula is C24H24N2O4S2. The fourth-order valence-corrected chi connectivity index (χ4v) is 5.47. The number of allylic oxidation sites excluding steroid dienone is 1. The van der Waals surface area contributed by atoms with Crippen LogP contribution in [0.4, 0.5) is 0 Å². The molecule has 1 aromatic carbocycles. The van der Waals surface area contributed by atoms with Crippen LogP contribution in [0, 0.1) is 0 Å². The quantitative estimate of drug-likeness (QED) is 0.518. The number of esters is 1. The van der Waals surface area contributed by atoms with Gasteiger partial charge in [0.15, 0.2) is 4.80 Å². The van der Waals surface area contributed by atoms with Crippen molar-refractivity contribution in [2.24, 2.45) is 4.99 Å². The maximum Gasteiger partial charge on any atom is 0.338 e. The van der Waals surface area contributed by atoms with Crippen LogP contribution >= 0.6 is 22.7 Å². The van der Waals surface area contributed by atoms with Gasteiger partial charge >= 0.3 is 5.97 Å². The van der Waals surface area contributed by atoms with Crippen molar-refractivity contribution in [3.8, 4) is 5.75 Å². The first kappa shape index (κ1) is 22.2. The molecule has 1 atom stereocenters. The van der Waals surface area contributed by atoms with Crippen molar-refractivity contribution in [1.82, 2.24) is 4.57 Å². The number of carbonyl (C=O) groups excluding carboxylic acids is 1. The molecule has 3 heterocycles. The Bertz CT molecular complexity index is 1350. The Labute approximate surface area is 193 Å². The second-order valence-electron chi connectivity index (χ2n) is 7.52. The number of hydrogen-bond donors (Lipinski definition) is 0. The van der Waals surface area contributed by atoms with Crippen LogP contribution in [0.5, 0.6) is 5.75 Å². The van der Waals surface area contributed by atoms with Crippen molar-refractivity contribution < 1.29 is 14.3 Å². The highest BCUT2D eigenvalue weighted by atomic mass is 32.1. The molecule has 166 valence electrons. The zero-order valence-corrected chi connectivity index (χ0v) is 20.0. The number of fused-ring (bicyclic) bond motifs is 1.